The average molecular weight is 265 g/mol. The number of rotatable bonds is 8. The second-order valence-electron chi connectivity index (χ2n) is 5.96. The van der Waals surface area contributed by atoms with Gasteiger partial charge in [-0.05, 0) is 52.0 Å². The van der Waals surface area contributed by atoms with E-state index in [4.69, 9.17) is 0 Å². The predicted octanol–water partition coefficient (Wildman–Crippen LogP) is 2.17. The van der Waals surface area contributed by atoms with Gasteiger partial charge in [0, 0.05) is 23.8 Å². The lowest BCUT2D eigenvalue weighted by molar-refractivity contribution is 0.140. The molecule has 0 saturated heterocycles. The zero-order valence-electron chi connectivity index (χ0n) is 12.4. The second kappa shape index (κ2) is 6.06. The van der Waals surface area contributed by atoms with E-state index < -0.39 is 0 Å². The topological polar surface area (TPSA) is 50.1 Å². The zero-order chi connectivity index (χ0) is 13.9. The van der Waals surface area contributed by atoms with Gasteiger partial charge in [0.25, 0.3) is 0 Å². The molecule has 108 valence electrons. The smallest absolute Gasteiger partial charge is 0.0613 e. The summed E-state index contributed by atoms with van der Waals surface area (Å²) in [4.78, 5) is 0. The van der Waals surface area contributed by atoms with Gasteiger partial charge in [-0.15, -0.1) is 0 Å². The molecule has 0 bridgehead atoms. The van der Waals surface area contributed by atoms with Crippen LogP contribution in [0.2, 0.25) is 0 Å². The van der Waals surface area contributed by atoms with Crippen LogP contribution in [0.1, 0.15) is 50.4 Å². The quantitative estimate of drug-likeness (QED) is 0.757. The highest BCUT2D eigenvalue weighted by Crippen LogP contribution is 2.27. The van der Waals surface area contributed by atoms with Gasteiger partial charge < -0.3 is 10.4 Å². The molecule has 0 spiro atoms. The van der Waals surface area contributed by atoms with Gasteiger partial charge in [0.15, 0.2) is 0 Å². The molecule has 1 unspecified atom stereocenters. The maximum atomic E-state index is 9.72. The number of aromatic nitrogens is 2. The van der Waals surface area contributed by atoms with E-state index in [1.165, 1.54) is 18.5 Å². The molecule has 4 nitrogen and oxygen atoms in total. The first kappa shape index (κ1) is 14.5. The maximum Gasteiger partial charge on any atom is 0.0613 e. The van der Waals surface area contributed by atoms with E-state index in [0.717, 1.165) is 31.5 Å². The van der Waals surface area contributed by atoms with Crippen LogP contribution in [0.15, 0.2) is 6.07 Å². The highest BCUT2D eigenvalue weighted by Gasteiger charge is 2.33. The number of nitrogens with zero attached hydrogens (tertiary/aromatic N) is 2. The molecule has 1 aromatic rings. The minimum atomic E-state index is -0.0860. The van der Waals surface area contributed by atoms with Crippen molar-refractivity contribution in [3.8, 4) is 0 Å². The molecule has 4 heteroatoms. The zero-order valence-corrected chi connectivity index (χ0v) is 12.4. The van der Waals surface area contributed by atoms with Crippen molar-refractivity contribution in [2.24, 2.45) is 0 Å². The summed E-state index contributed by atoms with van der Waals surface area (Å²) in [5.41, 5.74) is 2.22. The van der Waals surface area contributed by atoms with Gasteiger partial charge in [0.2, 0.25) is 0 Å². The first-order valence-corrected chi connectivity index (χ1v) is 7.48. The molecule has 1 aromatic heterocycles. The molecule has 1 atom stereocenters. The fourth-order valence-corrected chi connectivity index (χ4v) is 2.72. The first-order valence-electron chi connectivity index (χ1n) is 7.48. The molecular weight excluding hydrogens is 238 g/mol. The van der Waals surface area contributed by atoms with Crippen molar-refractivity contribution < 1.29 is 5.11 Å². The molecule has 1 aliphatic rings. The van der Waals surface area contributed by atoms with E-state index in [1.807, 2.05) is 6.92 Å². The van der Waals surface area contributed by atoms with Crippen molar-refractivity contribution in [1.82, 2.24) is 15.1 Å². The van der Waals surface area contributed by atoms with Crippen LogP contribution in [-0.2, 0) is 6.54 Å². The van der Waals surface area contributed by atoms with Crippen molar-refractivity contribution in [3.63, 3.8) is 0 Å². The van der Waals surface area contributed by atoms with Crippen LogP contribution in [0.25, 0.3) is 0 Å². The van der Waals surface area contributed by atoms with Crippen LogP contribution < -0.4 is 5.32 Å². The van der Waals surface area contributed by atoms with Gasteiger partial charge in [-0.25, -0.2) is 0 Å². The number of hydrogen-bond donors (Lipinski definition) is 2. The Balaban J connectivity index is 1.86. The minimum Gasteiger partial charge on any atom is -0.394 e. The number of hydrogen-bond acceptors (Lipinski definition) is 3. The Kier molecular flexibility index (Phi) is 4.63. The molecule has 0 aliphatic heterocycles. The molecule has 1 fully saturated rings. The summed E-state index contributed by atoms with van der Waals surface area (Å²) in [5.74, 6) is 0. The summed E-state index contributed by atoms with van der Waals surface area (Å²) in [6.45, 7) is 7.46. The Morgan fingerprint density at radius 1 is 1.47 bits per heavy atom. The number of aryl methyl sites for hydroxylation is 3. The Labute approximate surface area is 116 Å². The first-order chi connectivity index (χ1) is 9.08. The van der Waals surface area contributed by atoms with Crippen LogP contribution in [-0.4, -0.2) is 33.1 Å². The number of nitrogens with one attached hydrogen (secondary N) is 1. The lowest BCUT2D eigenvalue weighted by Crippen LogP contribution is -2.49. The third-order valence-electron chi connectivity index (χ3n) is 4.20. The van der Waals surface area contributed by atoms with E-state index in [-0.39, 0.29) is 12.1 Å². The minimum absolute atomic E-state index is 0.0860. The van der Waals surface area contributed by atoms with Crippen molar-refractivity contribution in [3.05, 3.63) is 17.5 Å². The number of aliphatic hydroxyl groups is 1. The van der Waals surface area contributed by atoms with Crippen LogP contribution in [0.5, 0.6) is 0 Å². The molecule has 1 heterocycles. The number of aliphatic hydroxyl groups excluding tert-OH is 1. The van der Waals surface area contributed by atoms with Crippen LogP contribution >= 0.6 is 0 Å². The van der Waals surface area contributed by atoms with Crippen molar-refractivity contribution in [2.45, 2.75) is 71.0 Å². The summed E-state index contributed by atoms with van der Waals surface area (Å²) >= 11 is 0. The fraction of sp³-hybridized carbons (Fsp3) is 0.800. The molecule has 19 heavy (non-hydrogen) atoms. The Morgan fingerprint density at radius 2 is 2.21 bits per heavy atom. The normalized spacial score (nSPS) is 18.5. The van der Waals surface area contributed by atoms with E-state index in [2.05, 4.69) is 35.0 Å². The summed E-state index contributed by atoms with van der Waals surface area (Å²) in [6, 6.07) is 2.75. The molecule has 2 N–H and O–H groups in total. The van der Waals surface area contributed by atoms with Gasteiger partial charge in [-0.1, -0.05) is 6.92 Å². The van der Waals surface area contributed by atoms with Gasteiger partial charge >= 0.3 is 0 Å². The molecule has 1 aliphatic carbocycles. The third kappa shape index (κ3) is 3.80. The van der Waals surface area contributed by atoms with E-state index in [0.29, 0.717) is 6.04 Å². The van der Waals surface area contributed by atoms with Crippen LogP contribution in [0.3, 0.4) is 0 Å². The summed E-state index contributed by atoms with van der Waals surface area (Å²) in [6.07, 6.45) is 5.57. The summed E-state index contributed by atoms with van der Waals surface area (Å²) in [5, 5.41) is 17.8. The Morgan fingerprint density at radius 3 is 2.68 bits per heavy atom. The largest absolute Gasteiger partial charge is 0.394 e. The van der Waals surface area contributed by atoms with Gasteiger partial charge in [-0.3, -0.25) is 4.68 Å². The molecular formula is C15H27N3O. The SMILES string of the molecule is CCC(CO)(CCCn1nc(C)cc1C)NC1CC1. The highest BCUT2D eigenvalue weighted by molar-refractivity contribution is 5.06. The van der Waals surface area contributed by atoms with Gasteiger partial charge in [0.05, 0.1) is 12.3 Å². The molecule has 2 rings (SSSR count). The van der Waals surface area contributed by atoms with E-state index in [9.17, 15) is 5.11 Å². The molecule has 0 radical (unpaired) electrons. The van der Waals surface area contributed by atoms with Gasteiger partial charge in [-0.2, -0.15) is 5.10 Å². The summed E-state index contributed by atoms with van der Waals surface area (Å²) < 4.78 is 2.07. The van der Waals surface area contributed by atoms with Crippen LogP contribution in [0, 0.1) is 13.8 Å². The third-order valence-corrected chi connectivity index (χ3v) is 4.20. The molecule has 0 amide bonds. The maximum absolute atomic E-state index is 9.72. The van der Waals surface area contributed by atoms with Crippen molar-refractivity contribution in [2.75, 3.05) is 6.61 Å². The van der Waals surface area contributed by atoms with E-state index >= 15 is 0 Å². The van der Waals surface area contributed by atoms with Crippen molar-refractivity contribution in [1.29, 1.82) is 0 Å². The Hall–Kier alpha value is -0.870. The lowest BCUT2D eigenvalue weighted by atomic mass is 9.91. The second-order valence-corrected chi connectivity index (χ2v) is 5.96. The van der Waals surface area contributed by atoms with Crippen molar-refractivity contribution >= 4 is 0 Å². The average Bonchev–Trinajstić information content (AvgIpc) is 3.14. The molecule has 0 aromatic carbocycles. The monoisotopic (exact) mass is 265 g/mol. The Bertz CT molecular complexity index is 406. The lowest BCUT2D eigenvalue weighted by Gasteiger charge is -2.32. The highest BCUT2D eigenvalue weighted by atomic mass is 16.3. The van der Waals surface area contributed by atoms with Gasteiger partial charge in [0.1, 0.15) is 0 Å². The van der Waals surface area contributed by atoms with E-state index in [1.54, 1.807) is 0 Å². The standard InChI is InChI=1S/C15H27N3O/c1-4-15(11-19,16-14-6-7-14)8-5-9-18-13(3)10-12(2)17-18/h10,14,16,19H,4-9,11H2,1-3H3. The fourth-order valence-electron chi connectivity index (χ4n) is 2.72. The predicted molar refractivity (Wildman–Crippen MR) is 77.2 cm³/mol. The van der Waals surface area contributed by atoms with Crippen LogP contribution in [0.4, 0.5) is 0 Å². The summed E-state index contributed by atoms with van der Waals surface area (Å²) in [7, 11) is 0. The molecule has 1 saturated carbocycles.